The average molecular weight is 596 g/mol. The first-order valence-corrected chi connectivity index (χ1v) is 12.8. The molecule has 9 heteroatoms. The molecule has 7 nitrogen and oxygen atoms in total. The number of anilines is 1. The van der Waals surface area contributed by atoms with E-state index in [-0.39, 0.29) is 12.2 Å². The third-order valence-corrected chi connectivity index (χ3v) is 7.14. The number of carbonyl (C=O) groups excluding carboxylic acids is 3. The maximum absolute atomic E-state index is 13.4. The molecule has 1 fully saturated rings. The Morgan fingerprint density at radius 1 is 1.08 bits per heavy atom. The van der Waals surface area contributed by atoms with Crippen molar-refractivity contribution < 1.29 is 23.9 Å². The fourth-order valence-corrected chi connectivity index (χ4v) is 4.42. The summed E-state index contributed by atoms with van der Waals surface area (Å²) in [5, 5.41) is 2.83. The van der Waals surface area contributed by atoms with Crippen molar-refractivity contribution in [2.75, 3.05) is 12.0 Å². The number of barbiturate groups is 1. The highest BCUT2D eigenvalue weighted by molar-refractivity contribution is 9.10. The van der Waals surface area contributed by atoms with E-state index >= 15 is 0 Å². The third kappa shape index (κ3) is 5.66. The number of nitrogens with one attached hydrogen (secondary N) is 1. The van der Waals surface area contributed by atoms with Gasteiger partial charge >= 0.3 is 6.03 Å². The zero-order valence-corrected chi connectivity index (χ0v) is 23.1. The van der Waals surface area contributed by atoms with Gasteiger partial charge in [0.1, 0.15) is 12.2 Å². The van der Waals surface area contributed by atoms with Gasteiger partial charge in [-0.1, -0.05) is 51.8 Å². The largest absolute Gasteiger partial charge is 0.493 e. The number of hydrogen-bond donors (Lipinski definition) is 1. The van der Waals surface area contributed by atoms with E-state index in [4.69, 9.17) is 21.1 Å². The number of halogens is 2. The van der Waals surface area contributed by atoms with Crippen LogP contribution in [0.15, 0.2) is 77.3 Å². The third-order valence-electron chi connectivity index (χ3n) is 5.88. The van der Waals surface area contributed by atoms with Crippen LogP contribution in [0.5, 0.6) is 11.5 Å². The van der Waals surface area contributed by atoms with Gasteiger partial charge < -0.3 is 9.47 Å². The lowest BCUT2D eigenvalue weighted by molar-refractivity contribution is -0.122. The molecule has 0 radical (unpaired) electrons. The van der Waals surface area contributed by atoms with E-state index in [0.29, 0.717) is 34.2 Å². The minimum atomic E-state index is -0.813. The van der Waals surface area contributed by atoms with Crippen LogP contribution in [-0.2, 0) is 22.6 Å². The van der Waals surface area contributed by atoms with Crippen LogP contribution in [0.25, 0.3) is 6.08 Å². The maximum atomic E-state index is 13.4. The number of hydrogen-bond acceptors (Lipinski definition) is 5. The smallest absolute Gasteiger partial charge is 0.335 e. The second-order valence-corrected chi connectivity index (χ2v) is 9.74. The molecule has 4 rings (SSSR count). The van der Waals surface area contributed by atoms with E-state index in [0.717, 1.165) is 26.1 Å². The molecule has 0 spiro atoms. The van der Waals surface area contributed by atoms with Crippen LogP contribution in [0.2, 0.25) is 5.02 Å². The fourth-order valence-electron chi connectivity index (χ4n) is 3.98. The number of methoxy groups -OCH3 is 1. The van der Waals surface area contributed by atoms with Crippen molar-refractivity contribution in [2.45, 2.75) is 20.0 Å². The molecule has 1 N–H and O–H groups in total. The molecule has 38 heavy (non-hydrogen) atoms. The first kappa shape index (κ1) is 27.2. The first-order chi connectivity index (χ1) is 18.2. The van der Waals surface area contributed by atoms with Gasteiger partial charge in [0.15, 0.2) is 11.5 Å². The quantitative estimate of drug-likeness (QED) is 0.185. The van der Waals surface area contributed by atoms with Gasteiger partial charge in [-0.2, -0.15) is 0 Å². The van der Waals surface area contributed by atoms with Crippen LogP contribution in [-0.4, -0.2) is 25.0 Å². The van der Waals surface area contributed by atoms with E-state index in [2.05, 4.69) is 27.8 Å². The number of aryl methyl sites for hydroxylation is 1. The summed E-state index contributed by atoms with van der Waals surface area (Å²) in [6.45, 7) is 5.87. The standard InChI is InChI=1S/C29H24BrClN2O5/c1-4-7-19-13-18(15-25(37-3)26(19)38-16-20-8-5-6-9-24(20)31)14-22-27(34)32-29(36)33(28(22)35)21-10-11-23(30)17(2)12-21/h4-6,8-15H,1,7,16H2,2-3H3,(H,32,34,36)/b22-14+. The van der Waals surface area contributed by atoms with Crippen LogP contribution in [0.4, 0.5) is 10.5 Å². The van der Waals surface area contributed by atoms with Crippen LogP contribution in [0.3, 0.4) is 0 Å². The van der Waals surface area contributed by atoms with Gasteiger partial charge in [-0.25, -0.2) is 9.69 Å². The highest BCUT2D eigenvalue weighted by Gasteiger charge is 2.37. The molecule has 1 aliphatic rings. The number of ether oxygens (including phenoxy) is 2. The molecule has 1 heterocycles. The van der Waals surface area contributed by atoms with E-state index in [1.807, 2.05) is 25.1 Å². The van der Waals surface area contributed by atoms with Gasteiger partial charge in [0.2, 0.25) is 0 Å². The van der Waals surface area contributed by atoms with Crippen LogP contribution >= 0.6 is 27.5 Å². The minimum Gasteiger partial charge on any atom is -0.493 e. The maximum Gasteiger partial charge on any atom is 0.335 e. The van der Waals surface area contributed by atoms with Crippen LogP contribution in [0.1, 0.15) is 22.3 Å². The summed E-state index contributed by atoms with van der Waals surface area (Å²) in [4.78, 5) is 39.6. The lowest BCUT2D eigenvalue weighted by atomic mass is 10.0. The Balaban J connectivity index is 1.71. The first-order valence-electron chi connectivity index (χ1n) is 11.6. The second kappa shape index (κ2) is 11.7. The molecule has 4 amide bonds. The molecule has 0 saturated carbocycles. The Hall–Kier alpha value is -3.88. The van der Waals surface area contributed by atoms with Gasteiger partial charge in [0, 0.05) is 20.6 Å². The summed E-state index contributed by atoms with van der Waals surface area (Å²) in [6, 6.07) is 15.0. The number of benzene rings is 3. The Morgan fingerprint density at radius 3 is 2.53 bits per heavy atom. The van der Waals surface area contributed by atoms with Crippen molar-refractivity contribution in [1.82, 2.24) is 5.32 Å². The Kier molecular flexibility index (Phi) is 8.34. The predicted octanol–water partition coefficient (Wildman–Crippen LogP) is 6.39. The zero-order chi connectivity index (χ0) is 27.4. The van der Waals surface area contributed by atoms with E-state index in [1.165, 1.54) is 13.2 Å². The number of imide groups is 2. The number of urea groups is 1. The summed E-state index contributed by atoms with van der Waals surface area (Å²) in [5.41, 5.74) is 3.05. The van der Waals surface area contributed by atoms with Crippen molar-refractivity contribution in [3.8, 4) is 11.5 Å². The Labute approximate surface area is 233 Å². The lowest BCUT2D eigenvalue weighted by Gasteiger charge is -2.27. The van der Waals surface area contributed by atoms with Gasteiger partial charge in [-0.15, -0.1) is 6.58 Å². The van der Waals surface area contributed by atoms with E-state index in [9.17, 15) is 14.4 Å². The van der Waals surface area contributed by atoms with Crippen molar-refractivity contribution in [2.24, 2.45) is 0 Å². The number of carbonyl (C=O) groups is 3. The molecule has 0 unspecified atom stereocenters. The second-order valence-electron chi connectivity index (χ2n) is 8.48. The molecular formula is C29H24BrClN2O5. The normalized spacial score (nSPS) is 14.5. The molecule has 0 bridgehead atoms. The monoisotopic (exact) mass is 594 g/mol. The van der Waals surface area contributed by atoms with E-state index in [1.54, 1.807) is 42.5 Å². The van der Waals surface area contributed by atoms with Crippen LogP contribution in [0, 0.1) is 6.92 Å². The molecular weight excluding hydrogens is 572 g/mol. The summed E-state index contributed by atoms with van der Waals surface area (Å²) in [6.07, 6.45) is 3.58. The van der Waals surface area contributed by atoms with Gasteiger partial charge in [0.25, 0.3) is 11.8 Å². The molecule has 0 aromatic heterocycles. The predicted molar refractivity (Wildman–Crippen MR) is 151 cm³/mol. The minimum absolute atomic E-state index is 0.193. The number of nitrogens with zero attached hydrogens (tertiary/aromatic N) is 1. The Morgan fingerprint density at radius 2 is 1.84 bits per heavy atom. The van der Waals surface area contributed by atoms with Crippen LogP contribution < -0.4 is 19.7 Å². The molecule has 0 aliphatic carbocycles. The van der Waals surface area contributed by atoms with Crippen molar-refractivity contribution in [3.05, 3.63) is 105 Å². The molecule has 0 atom stereocenters. The molecule has 1 saturated heterocycles. The zero-order valence-electron chi connectivity index (χ0n) is 20.7. The molecule has 194 valence electrons. The van der Waals surface area contributed by atoms with Crippen molar-refractivity contribution >= 4 is 57.1 Å². The molecule has 3 aromatic carbocycles. The number of rotatable bonds is 8. The highest BCUT2D eigenvalue weighted by Crippen LogP contribution is 2.36. The van der Waals surface area contributed by atoms with Gasteiger partial charge in [0.05, 0.1) is 12.8 Å². The SMILES string of the molecule is C=CCc1cc(/C=C2\C(=O)NC(=O)N(c3ccc(Br)c(C)c3)C2=O)cc(OC)c1OCc1ccccc1Cl. The van der Waals surface area contributed by atoms with Gasteiger partial charge in [-0.05, 0) is 66.9 Å². The van der Waals surface area contributed by atoms with E-state index < -0.39 is 17.8 Å². The summed E-state index contributed by atoms with van der Waals surface area (Å²) in [5.74, 6) is -0.614. The fraction of sp³-hybridized carbons (Fsp3) is 0.138. The number of allylic oxidation sites excluding steroid dienone is 1. The average Bonchev–Trinajstić information content (AvgIpc) is 2.88. The summed E-state index contributed by atoms with van der Waals surface area (Å²) in [7, 11) is 1.50. The van der Waals surface area contributed by atoms with Crippen molar-refractivity contribution in [3.63, 3.8) is 0 Å². The van der Waals surface area contributed by atoms with Gasteiger partial charge in [-0.3, -0.25) is 14.9 Å². The topological polar surface area (TPSA) is 84.9 Å². The summed E-state index contributed by atoms with van der Waals surface area (Å²) < 4.78 is 12.5. The van der Waals surface area contributed by atoms with Crippen molar-refractivity contribution in [1.29, 1.82) is 0 Å². The highest BCUT2D eigenvalue weighted by atomic mass is 79.9. The number of amides is 4. The molecule has 3 aromatic rings. The molecule has 1 aliphatic heterocycles. The Bertz CT molecular complexity index is 1480. The lowest BCUT2D eigenvalue weighted by Crippen LogP contribution is -2.54. The summed E-state index contributed by atoms with van der Waals surface area (Å²) >= 11 is 9.68.